The van der Waals surface area contributed by atoms with Crippen molar-refractivity contribution >= 4 is 17.3 Å². The predicted molar refractivity (Wildman–Crippen MR) is 81.4 cm³/mol. The number of allylic oxidation sites excluding steroid dienone is 1. The van der Waals surface area contributed by atoms with Crippen molar-refractivity contribution in [2.45, 2.75) is 6.92 Å². The number of aromatic nitrogens is 1. The van der Waals surface area contributed by atoms with Crippen molar-refractivity contribution in [2.24, 2.45) is 7.05 Å². The fourth-order valence-electron chi connectivity index (χ4n) is 2.07. The van der Waals surface area contributed by atoms with Gasteiger partial charge < -0.3 is 4.57 Å². The van der Waals surface area contributed by atoms with Gasteiger partial charge in [-0.3, -0.25) is 10.1 Å². The van der Waals surface area contributed by atoms with Crippen molar-refractivity contribution in [1.29, 1.82) is 10.5 Å². The average Bonchev–Trinajstić information content (AvgIpc) is 2.80. The molecule has 2 aromatic rings. The zero-order chi connectivity index (χ0) is 16.3. The van der Waals surface area contributed by atoms with E-state index in [2.05, 4.69) is 12.1 Å². The van der Waals surface area contributed by atoms with Gasteiger partial charge in [0.1, 0.15) is 11.8 Å². The van der Waals surface area contributed by atoms with Crippen LogP contribution in [0.4, 0.5) is 5.69 Å². The Bertz CT molecular complexity index is 846. The highest BCUT2D eigenvalue weighted by atomic mass is 16.6. The molecule has 0 saturated heterocycles. The normalized spacial score (nSPS) is 10.8. The number of nitro benzene ring substituents is 1. The lowest BCUT2D eigenvalue weighted by Gasteiger charge is -2.01. The summed E-state index contributed by atoms with van der Waals surface area (Å²) in [5.41, 5.74) is 3.09. The molecule has 0 spiro atoms. The van der Waals surface area contributed by atoms with Crippen LogP contribution in [-0.4, -0.2) is 9.49 Å². The van der Waals surface area contributed by atoms with Gasteiger partial charge in [-0.25, -0.2) is 0 Å². The van der Waals surface area contributed by atoms with Gasteiger partial charge in [0.15, 0.2) is 0 Å². The Hall–Kier alpha value is -3.38. The molecule has 0 radical (unpaired) electrons. The fourth-order valence-corrected chi connectivity index (χ4v) is 2.07. The van der Waals surface area contributed by atoms with E-state index in [0.717, 1.165) is 11.3 Å². The highest BCUT2D eigenvalue weighted by Gasteiger charge is 2.10. The Morgan fingerprint density at radius 1 is 1.32 bits per heavy atom. The molecule has 0 N–H and O–H groups in total. The molecular formula is C16H12N4O2. The molecule has 0 fully saturated rings. The van der Waals surface area contributed by atoms with Gasteiger partial charge in [-0.2, -0.15) is 10.5 Å². The van der Waals surface area contributed by atoms with E-state index in [1.165, 1.54) is 24.3 Å². The van der Waals surface area contributed by atoms with Crippen molar-refractivity contribution in [3.8, 4) is 12.1 Å². The van der Waals surface area contributed by atoms with Crippen molar-refractivity contribution in [2.75, 3.05) is 0 Å². The van der Waals surface area contributed by atoms with Gasteiger partial charge in [0.25, 0.3) is 5.69 Å². The highest BCUT2D eigenvalue weighted by Crippen LogP contribution is 2.23. The summed E-state index contributed by atoms with van der Waals surface area (Å²) in [6.45, 7) is 1.86. The zero-order valence-electron chi connectivity index (χ0n) is 12.1. The maximum absolute atomic E-state index is 10.7. The molecule has 1 aromatic heterocycles. The SMILES string of the molecule is Cc1c(C=C(C#N)c2ccc([N+](=O)[O-])cc2)cc(C#N)n1C. The molecule has 1 aromatic carbocycles. The second-order valence-electron chi connectivity index (χ2n) is 4.71. The standard InChI is InChI=1S/C16H12N4O2/c1-11-13(8-16(10-18)19(11)2)7-14(9-17)12-3-5-15(6-4-12)20(21)22/h3-8H,1-2H3. The summed E-state index contributed by atoms with van der Waals surface area (Å²) in [5.74, 6) is 0. The van der Waals surface area contributed by atoms with Crippen molar-refractivity contribution < 1.29 is 4.92 Å². The van der Waals surface area contributed by atoms with Gasteiger partial charge in [-0.1, -0.05) is 0 Å². The van der Waals surface area contributed by atoms with E-state index in [0.29, 0.717) is 16.8 Å². The molecule has 6 heteroatoms. The van der Waals surface area contributed by atoms with Gasteiger partial charge in [-0.05, 0) is 42.3 Å². The first kappa shape index (κ1) is 15.0. The minimum atomic E-state index is -0.486. The number of nitro groups is 1. The minimum absolute atomic E-state index is 0.0244. The van der Waals surface area contributed by atoms with Gasteiger partial charge in [0.2, 0.25) is 0 Å². The number of nitrogens with zero attached hydrogens (tertiary/aromatic N) is 4. The lowest BCUT2D eigenvalue weighted by Crippen LogP contribution is -1.93. The van der Waals surface area contributed by atoms with E-state index >= 15 is 0 Å². The molecule has 0 amide bonds. The molecule has 0 saturated carbocycles. The first-order valence-corrected chi connectivity index (χ1v) is 6.41. The van der Waals surface area contributed by atoms with Gasteiger partial charge in [0.05, 0.1) is 16.6 Å². The van der Waals surface area contributed by atoms with Crippen molar-refractivity contribution in [3.63, 3.8) is 0 Å². The molecule has 2 rings (SSSR count). The maximum atomic E-state index is 10.7. The Labute approximate surface area is 127 Å². The van der Waals surface area contributed by atoms with Crippen LogP contribution < -0.4 is 0 Å². The Kier molecular flexibility index (Phi) is 4.06. The van der Waals surface area contributed by atoms with Gasteiger partial charge in [-0.15, -0.1) is 0 Å². The van der Waals surface area contributed by atoms with Gasteiger partial charge in [0, 0.05) is 24.9 Å². The topological polar surface area (TPSA) is 95.7 Å². The number of non-ortho nitro benzene ring substituents is 1. The fraction of sp³-hybridized carbons (Fsp3) is 0.125. The van der Waals surface area contributed by atoms with Crippen molar-refractivity contribution in [1.82, 2.24) is 4.57 Å². The van der Waals surface area contributed by atoms with E-state index in [-0.39, 0.29) is 5.69 Å². The molecule has 0 unspecified atom stereocenters. The largest absolute Gasteiger partial charge is 0.339 e. The molecule has 0 bridgehead atoms. The average molecular weight is 292 g/mol. The van der Waals surface area contributed by atoms with Crippen LogP contribution >= 0.6 is 0 Å². The van der Waals surface area contributed by atoms with Crippen LogP contribution in [0.5, 0.6) is 0 Å². The summed E-state index contributed by atoms with van der Waals surface area (Å²) < 4.78 is 1.75. The summed E-state index contributed by atoms with van der Waals surface area (Å²) in [5, 5.41) is 29.0. The summed E-state index contributed by atoms with van der Waals surface area (Å²) in [6, 6.07) is 11.7. The van der Waals surface area contributed by atoms with Crippen LogP contribution in [0.15, 0.2) is 30.3 Å². The Balaban J connectivity index is 2.46. The number of rotatable bonds is 3. The molecule has 6 nitrogen and oxygen atoms in total. The second kappa shape index (κ2) is 5.94. The molecule has 22 heavy (non-hydrogen) atoms. The molecule has 0 atom stereocenters. The third-order valence-corrected chi connectivity index (χ3v) is 3.50. The maximum Gasteiger partial charge on any atom is 0.269 e. The minimum Gasteiger partial charge on any atom is -0.339 e. The van der Waals surface area contributed by atoms with E-state index in [1.807, 2.05) is 6.92 Å². The molecule has 0 aliphatic carbocycles. The number of nitriles is 2. The number of benzene rings is 1. The summed E-state index contributed by atoms with van der Waals surface area (Å²) in [4.78, 5) is 10.2. The first-order valence-electron chi connectivity index (χ1n) is 6.41. The van der Waals surface area contributed by atoms with Crippen LogP contribution in [0, 0.1) is 39.7 Å². The monoisotopic (exact) mass is 292 g/mol. The molecule has 108 valence electrons. The van der Waals surface area contributed by atoms with E-state index in [9.17, 15) is 15.4 Å². The Morgan fingerprint density at radius 3 is 2.41 bits per heavy atom. The third kappa shape index (κ3) is 2.72. The van der Waals surface area contributed by atoms with Crippen LogP contribution in [-0.2, 0) is 7.05 Å². The van der Waals surface area contributed by atoms with E-state index in [4.69, 9.17) is 5.26 Å². The summed E-state index contributed by atoms with van der Waals surface area (Å²) in [7, 11) is 1.78. The van der Waals surface area contributed by atoms with E-state index in [1.54, 1.807) is 23.8 Å². The molecule has 0 aliphatic rings. The lowest BCUT2D eigenvalue weighted by atomic mass is 10.0. The predicted octanol–water partition coefficient (Wildman–Crippen LogP) is 3.18. The van der Waals surface area contributed by atoms with E-state index < -0.39 is 4.92 Å². The van der Waals surface area contributed by atoms with Crippen LogP contribution in [0.1, 0.15) is 22.5 Å². The van der Waals surface area contributed by atoms with Crippen LogP contribution in [0.25, 0.3) is 11.6 Å². The molecule has 1 heterocycles. The quantitative estimate of drug-likeness (QED) is 0.493. The van der Waals surface area contributed by atoms with Crippen LogP contribution in [0.2, 0.25) is 0 Å². The van der Waals surface area contributed by atoms with Gasteiger partial charge >= 0.3 is 0 Å². The summed E-state index contributed by atoms with van der Waals surface area (Å²) >= 11 is 0. The zero-order valence-corrected chi connectivity index (χ0v) is 12.1. The smallest absolute Gasteiger partial charge is 0.269 e. The molecule has 0 aliphatic heterocycles. The first-order chi connectivity index (χ1) is 10.5. The Morgan fingerprint density at radius 2 is 1.95 bits per heavy atom. The highest BCUT2D eigenvalue weighted by molar-refractivity contribution is 5.90. The molecular weight excluding hydrogens is 280 g/mol. The number of hydrogen-bond donors (Lipinski definition) is 0. The summed E-state index contributed by atoms with van der Waals surface area (Å²) in [6.07, 6.45) is 1.68. The second-order valence-corrected chi connectivity index (χ2v) is 4.71. The number of hydrogen-bond acceptors (Lipinski definition) is 4. The lowest BCUT2D eigenvalue weighted by molar-refractivity contribution is -0.384. The van der Waals surface area contributed by atoms with Crippen molar-refractivity contribution in [3.05, 3.63) is 63.0 Å². The third-order valence-electron chi connectivity index (χ3n) is 3.50. The van der Waals surface area contributed by atoms with Crippen LogP contribution in [0.3, 0.4) is 0 Å².